The van der Waals surface area contributed by atoms with Crippen LogP contribution in [-0.2, 0) is 14.4 Å². The highest BCUT2D eigenvalue weighted by Crippen LogP contribution is 1.97. The number of aliphatic carboxylic acids is 1. The van der Waals surface area contributed by atoms with E-state index in [-0.39, 0.29) is 18.7 Å². The maximum Gasteiger partial charge on any atom is 0.305 e. The van der Waals surface area contributed by atoms with Crippen LogP contribution in [0.1, 0.15) is 19.8 Å². The molecule has 0 saturated carbocycles. The van der Waals surface area contributed by atoms with Crippen LogP contribution in [0.15, 0.2) is 0 Å². The maximum atomic E-state index is 10.6. The largest absolute Gasteiger partial charge is 0.481 e. The third-order valence-electron chi connectivity index (χ3n) is 1.28. The first-order valence-corrected chi connectivity index (χ1v) is 3.69. The van der Waals surface area contributed by atoms with Gasteiger partial charge in [-0.15, -0.1) is 0 Å². The van der Waals surface area contributed by atoms with Crippen molar-refractivity contribution >= 4 is 17.8 Å². The van der Waals surface area contributed by atoms with Crippen molar-refractivity contribution in [1.29, 1.82) is 0 Å². The van der Waals surface area contributed by atoms with Crippen molar-refractivity contribution in [2.24, 2.45) is 5.73 Å². The molecular formula is C7H12N2O4. The van der Waals surface area contributed by atoms with Gasteiger partial charge in [0.05, 0.1) is 6.42 Å². The molecule has 13 heavy (non-hydrogen) atoms. The zero-order valence-electron chi connectivity index (χ0n) is 7.24. The Morgan fingerprint density at radius 2 is 1.92 bits per heavy atom. The Labute approximate surface area is 75.1 Å². The monoisotopic (exact) mass is 188 g/mol. The molecule has 0 bridgehead atoms. The van der Waals surface area contributed by atoms with E-state index < -0.39 is 17.9 Å². The van der Waals surface area contributed by atoms with Gasteiger partial charge in [-0.3, -0.25) is 14.4 Å². The van der Waals surface area contributed by atoms with Gasteiger partial charge in [-0.2, -0.15) is 0 Å². The number of hydrogen-bond acceptors (Lipinski definition) is 3. The highest BCUT2D eigenvalue weighted by molar-refractivity contribution is 5.79. The van der Waals surface area contributed by atoms with Crippen LogP contribution in [0.2, 0.25) is 0 Å². The Morgan fingerprint density at radius 3 is 2.23 bits per heavy atom. The molecule has 4 N–H and O–H groups in total. The van der Waals surface area contributed by atoms with E-state index in [0.717, 1.165) is 0 Å². The summed E-state index contributed by atoms with van der Waals surface area (Å²) in [4.78, 5) is 31.3. The molecule has 0 radical (unpaired) electrons. The number of carbonyl (C=O) groups excluding carboxylic acids is 2. The Bertz CT molecular complexity index is 188. The molecule has 0 unspecified atom stereocenters. The zero-order chi connectivity index (χ0) is 10.4. The van der Waals surface area contributed by atoms with Crippen LogP contribution in [0.5, 0.6) is 0 Å². The van der Waals surface area contributed by atoms with Crippen molar-refractivity contribution in [3.8, 4) is 0 Å². The van der Waals surface area contributed by atoms with Gasteiger partial charge >= 0.3 is 5.97 Å². The van der Waals surface area contributed by atoms with Crippen LogP contribution in [0.3, 0.4) is 0 Å². The second-order valence-electron chi connectivity index (χ2n) is 2.67. The van der Waals surface area contributed by atoms with Gasteiger partial charge in [0.1, 0.15) is 0 Å². The molecule has 6 heteroatoms. The molecule has 6 nitrogen and oxygen atoms in total. The van der Waals surface area contributed by atoms with Crippen molar-refractivity contribution in [1.82, 2.24) is 5.32 Å². The number of carbonyl (C=O) groups is 3. The van der Waals surface area contributed by atoms with Gasteiger partial charge in [0.2, 0.25) is 11.8 Å². The molecule has 0 aromatic carbocycles. The number of carboxylic acids is 1. The molecule has 0 saturated heterocycles. The van der Waals surface area contributed by atoms with Crippen molar-refractivity contribution < 1.29 is 19.5 Å². The zero-order valence-corrected chi connectivity index (χ0v) is 7.24. The topological polar surface area (TPSA) is 109 Å². The van der Waals surface area contributed by atoms with Crippen molar-refractivity contribution in [2.75, 3.05) is 0 Å². The lowest BCUT2D eigenvalue weighted by atomic mass is 10.1. The summed E-state index contributed by atoms with van der Waals surface area (Å²) in [6, 6.07) is -0.715. The molecule has 0 heterocycles. The first-order valence-electron chi connectivity index (χ1n) is 3.69. The number of carboxylic acid groups (broad SMARTS) is 1. The normalized spacial score (nSPS) is 11.8. The van der Waals surface area contributed by atoms with Gasteiger partial charge in [0.15, 0.2) is 0 Å². The molecule has 0 aliphatic heterocycles. The summed E-state index contributed by atoms with van der Waals surface area (Å²) in [7, 11) is 0. The quantitative estimate of drug-likeness (QED) is 0.505. The Hall–Kier alpha value is -1.59. The van der Waals surface area contributed by atoms with E-state index in [1.54, 1.807) is 0 Å². The highest BCUT2D eigenvalue weighted by atomic mass is 16.4. The summed E-state index contributed by atoms with van der Waals surface area (Å²) in [5.74, 6) is -2.10. The summed E-state index contributed by atoms with van der Waals surface area (Å²) in [6.07, 6.45) is -0.464. The van der Waals surface area contributed by atoms with Crippen LogP contribution in [0, 0.1) is 0 Å². The number of primary amides is 1. The maximum absolute atomic E-state index is 10.6. The standard InChI is InChI=1S/C7H12N2O4/c1-4(10)9-5(2-6(8)11)3-7(12)13/h5H,2-3H2,1H3,(H2,8,11)(H,9,10)(H,12,13)/t5-/m1/s1. The van der Waals surface area contributed by atoms with Gasteiger partial charge in [-0.1, -0.05) is 0 Å². The van der Waals surface area contributed by atoms with Crippen LogP contribution < -0.4 is 11.1 Å². The van der Waals surface area contributed by atoms with Crippen LogP contribution in [-0.4, -0.2) is 28.9 Å². The summed E-state index contributed by atoms with van der Waals surface area (Å²) in [5, 5.41) is 10.7. The van der Waals surface area contributed by atoms with Gasteiger partial charge in [0, 0.05) is 19.4 Å². The van der Waals surface area contributed by atoms with Crippen molar-refractivity contribution in [3.05, 3.63) is 0 Å². The van der Waals surface area contributed by atoms with Gasteiger partial charge < -0.3 is 16.2 Å². The fourth-order valence-corrected chi connectivity index (χ4v) is 0.915. The van der Waals surface area contributed by atoms with Crippen LogP contribution >= 0.6 is 0 Å². The van der Waals surface area contributed by atoms with E-state index in [0.29, 0.717) is 0 Å². The third-order valence-corrected chi connectivity index (χ3v) is 1.28. The summed E-state index contributed by atoms with van der Waals surface area (Å²) >= 11 is 0. The second-order valence-corrected chi connectivity index (χ2v) is 2.67. The summed E-state index contributed by atoms with van der Waals surface area (Å²) in [6.45, 7) is 1.25. The average Bonchev–Trinajstić information content (AvgIpc) is 1.80. The summed E-state index contributed by atoms with van der Waals surface area (Å²) in [5.41, 5.74) is 4.86. The number of hydrogen-bond donors (Lipinski definition) is 3. The molecule has 1 atom stereocenters. The lowest BCUT2D eigenvalue weighted by Gasteiger charge is -2.13. The lowest BCUT2D eigenvalue weighted by molar-refractivity contribution is -0.137. The summed E-state index contributed by atoms with van der Waals surface area (Å²) < 4.78 is 0. The predicted octanol–water partition coefficient (Wildman–Crippen LogP) is -1.16. The van der Waals surface area contributed by atoms with Crippen LogP contribution in [0.4, 0.5) is 0 Å². The van der Waals surface area contributed by atoms with E-state index in [1.807, 2.05) is 0 Å². The fourth-order valence-electron chi connectivity index (χ4n) is 0.915. The van der Waals surface area contributed by atoms with E-state index in [9.17, 15) is 14.4 Å². The molecule has 0 aromatic rings. The number of nitrogens with one attached hydrogen (secondary N) is 1. The molecule has 0 rings (SSSR count). The number of nitrogens with two attached hydrogens (primary N) is 1. The Morgan fingerprint density at radius 1 is 1.38 bits per heavy atom. The molecule has 0 aliphatic carbocycles. The number of rotatable bonds is 5. The first kappa shape index (κ1) is 11.4. The van der Waals surface area contributed by atoms with Crippen molar-refractivity contribution in [2.45, 2.75) is 25.8 Å². The molecule has 74 valence electrons. The fraction of sp³-hybridized carbons (Fsp3) is 0.571. The first-order chi connectivity index (χ1) is 5.91. The van der Waals surface area contributed by atoms with E-state index in [4.69, 9.17) is 10.8 Å². The Balaban J connectivity index is 4.10. The van der Waals surface area contributed by atoms with Gasteiger partial charge in [-0.05, 0) is 0 Å². The van der Waals surface area contributed by atoms with Gasteiger partial charge in [-0.25, -0.2) is 0 Å². The SMILES string of the molecule is CC(=O)N[C@H](CC(N)=O)CC(=O)O. The Kier molecular flexibility index (Phi) is 4.50. The average molecular weight is 188 g/mol. The minimum absolute atomic E-state index is 0.161. The smallest absolute Gasteiger partial charge is 0.305 e. The molecule has 2 amide bonds. The molecule has 0 aliphatic rings. The molecule has 0 spiro atoms. The predicted molar refractivity (Wildman–Crippen MR) is 43.7 cm³/mol. The number of amides is 2. The lowest BCUT2D eigenvalue weighted by Crippen LogP contribution is -2.38. The minimum Gasteiger partial charge on any atom is -0.481 e. The molecular weight excluding hydrogens is 176 g/mol. The van der Waals surface area contributed by atoms with Gasteiger partial charge in [0.25, 0.3) is 0 Å². The molecule has 0 aromatic heterocycles. The molecule has 0 fully saturated rings. The van der Waals surface area contributed by atoms with E-state index >= 15 is 0 Å². The highest BCUT2D eigenvalue weighted by Gasteiger charge is 2.16. The van der Waals surface area contributed by atoms with Crippen LogP contribution in [0.25, 0.3) is 0 Å². The second kappa shape index (κ2) is 5.13. The van der Waals surface area contributed by atoms with Crippen molar-refractivity contribution in [3.63, 3.8) is 0 Å². The van der Waals surface area contributed by atoms with E-state index in [1.165, 1.54) is 6.92 Å². The third kappa shape index (κ3) is 6.79. The minimum atomic E-state index is -1.08. The van der Waals surface area contributed by atoms with E-state index in [2.05, 4.69) is 5.32 Å².